The van der Waals surface area contributed by atoms with Gasteiger partial charge < -0.3 is 10.6 Å². The smallest absolute Gasteiger partial charge is 0.220 e. The van der Waals surface area contributed by atoms with Crippen molar-refractivity contribution in [3.63, 3.8) is 0 Å². The Morgan fingerprint density at radius 3 is 2.48 bits per heavy atom. The molecule has 2 rings (SSSR count). The lowest BCUT2D eigenvalue weighted by Gasteiger charge is -2.23. The minimum Gasteiger partial charge on any atom is -0.350 e. The van der Waals surface area contributed by atoms with Gasteiger partial charge in [-0.25, -0.2) is 4.39 Å². The highest BCUT2D eigenvalue weighted by Crippen LogP contribution is 2.21. The van der Waals surface area contributed by atoms with Crippen molar-refractivity contribution < 1.29 is 9.18 Å². The van der Waals surface area contributed by atoms with Crippen LogP contribution < -0.4 is 10.6 Å². The molecule has 116 valence electrons. The fourth-order valence-corrected chi connectivity index (χ4v) is 2.96. The zero-order valence-electron chi connectivity index (χ0n) is 13.1. The molecule has 0 aliphatic carbocycles. The summed E-state index contributed by atoms with van der Waals surface area (Å²) in [6.07, 6.45) is 2.72. The Morgan fingerprint density at radius 1 is 1.33 bits per heavy atom. The zero-order valence-corrected chi connectivity index (χ0v) is 13.1. The zero-order chi connectivity index (χ0) is 15.4. The molecule has 0 spiro atoms. The summed E-state index contributed by atoms with van der Waals surface area (Å²) in [5, 5.41) is 6.34. The molecule has 4 heteroatoms. The van der Waals surface area contributed by atoms with Crippen molar-refractivity contribution in [2.75, 3.05) is 13.1 Å². The Hall–Kier alpha value is -1.42. The minimum absolute atomic E-state index is 0.0859. The molecule has 1 saturated heterocycles. The molecule has 0 bridgehead atoms. The number of hydrogen-bond donors (Lipinski definition) is 2. The SMILES string of the molecule is Cc1cc([C@H](C)NC(=O)CC2CCNCC2)cc(C)c1F. The van der Waals surface area contributed by atoms with E-state index in [0.717, 1.165) is 31.5 Å². The van der Waals surface area contributed by atoms with E-state index in [1.54, 1.807) is 13.8 Å². The number of carbonyl (C=O) groups is 1. The van der Waals surface area contributed by atoms with E-state index in [0.29, 0.717) is 23.5 Å². The van der Waals surface area contributed by atoms with Crippen molar-refractivity contribution in [2.45, 2.75) is 46.1 Å². The molecule has 0 aromatic heterocycles. The van der Waals surface area contributed by atoms with E-state index in [-0.39, 0.29) is 17.8 Å². The summed E-state index contributed by atoms with van der Waals surface area (Å²) in [7, 11) is 0. The van der Waals surface area contributed by atoms with E-state index in [9.17, 15) is 9.18 Å². The highest BCUT2D eigenvalue weighted by molar-refractivity contribution is 5.76. The molecule has 1 amide bonds. The molecular formula is C17H25FN2O. The molecule has 1 aliphatic heterocycles. The van der Waals surface area contributed by atoms with Crippen molar-refractivity contribution in [1.82, 2.24) is 10.6 Å². The molecule has 1 aromatic rings. The number of hydrogen-bond acceptors (Lipinski definition) is 2. The van der Waals surface area contributed by atoms with E-state index >= 15 is 0 Å². The standard InChI is InChI=1S/C17H25FN2O/c1-11-8-15(9-12(2)17(11)18)13(3)20-16(21)10-14-4-6-19-7-5-14/h8-9,13-14,19H,4-7,10H2,1-3H3,(H,20,21)/t13-/m0/s1. The number of rotatable bonds is 4. The maximum absolute atomic E-state index is 13.7. The van der Waals surface area contributed by atoms with Crippen molar-refractivity contribution >= 4 is 5.91 Å². The Kier molecular flexibility index (Phi) is 5.34. The van der Waals surface area contributed by atoms with Gasteiger partial charge in [0.2, 0.25) is 5.91 Å². The summed E-state index contributed by atoms with van der Waals surface area (Å²) >= 11 is 0. The Labute approximate surface area is 126 Å². The van der Waals surface area contributed by atoms with Crippen LogP contribution in [0.4, 0.5) is 4.39 Å². The number of aryl methyl sites for hydroxylation is 2. The van der Waals surface area contributed by atoms with Gasteiger partial charge >= 0.3 is 0 Å². The first-order chi connectivity index (χ1) is 9.97. The lowest BCUT2D eigenvalue weighted by atomic mass is 9.94. The third kappa shape index (κ3) is 4.27. The van der Waals surface area contributed by atoms with Gasteiger partial charge in [0.25, 0.3) is 0 Å². The molecule has 1 heterocycles. The number of nitrogens with one attached hydrogen (secondary N) is 2. The largest absolute Gasteiger partial charge is 0.350 e. The Morgan fingerprint density at radius 2 is 1.90 bits per heavy atom. The van der Waals surface area contributed by atoms with Crippen LogP contribution in [-0.2, 0) is 4.79 Å². The molecule has 0 saturated carbocycles. The van der Waals surface area contributed by atoms with Gasteiger partial charge in [-0.3, -0.25) is 4.79 Å². The van der Waals surface area contributed by atoms with Gasteiger partial charge in [0.05, 0.1) is 6.04 Å². The molecule has 21 heavy (non-hydrogen) atoms. The van der Waals surface area contributed by atoms with E-state index < -0.39 is 0 Å². The van der Waals surface area contributed by atoms with Crippen LogP contribution in [0.2, 0.25) is 0 Å². The van der Waals surface area contributed by atoms with E-state index in [1.807, 2.05) is 19.1 Å². The van der Waals surface area contributed by atoms with Crippen LogP contribution in [0.25, 0.3) is 0 Å². The average molecular weight is 292 g/mol. The Balaban J connectivity index is 1.94. The molecule has 2 N–H and O–H groups in total. The van der Waals surface area contributed by atoms with Crippen LogP contribution in [0.3, 0.4) is 0 Å². The normalized spacial score (nSPS) is 17.5. The molecule has 1 atom stereocenters. The first-order valence-electron chi connectivity index (χ1n) is 7.74. The highest BCUT2D eigenvalue weighted by Gasteiger charge is 2.18. The van der Waals surface area contributed by atoms with Crippen molar-refractivity contribution in [1.29, 1.82) is 0 Å². The molecule has 1 fully saturated rings. The molecule has 0 radical (unpaired) electrons. The summed E-state index contributed by atoms with van der Waals surface area (Å²) in [6.45, 7) is 7.48. The molecular weight excluding hydrogens is 267 g/mol. The second-order valence-electron chi connectivity index (χ2n) is 6.16. The van der Waals surface area contributed by atoms with Crippen LogP contribution in [0.15, 0.2) is 12.1 Å². The fourth-order valence-electron chi connectivity index (χ4n) is 2.96. The summed E-state index contributed by atoms with van der Waals surface area (Å²) in [5.41, 5.74) is 2.22. The second-order valence-corrected chi connectivity index (χ2v) is 6.16. The summed E-state index contributed by atoms with van der Waals surface area (Å²) < 4.78 is 13.7. The molecule has 3 nitrogen and oxygen atoms in total. The monoisotopic (exact) mass is 292 g/mol. The topological polar surface area (TPSA) is 41.1 Å². The van der Waals surface area contributed by atoms with E-state index in [2.05, 4.69) is 10.6 Å². The lowest BCUT2D eigenvalue weighted by molar-refractivity contribution is -0.122. The Bertz CT molecular complexity index is 487. The summed E-state index contributed by atoms with van der Waals surface area (Å²) in [6, 6.07) is 3.55. The van der Waals surface area contributed by atoms with E-state index in [1.165, 1.54) is 0 Å². The van der Waals surface area contributed by atoms with Crippen LogP contribution in [-0.4, -0.2) is 19.0 Å². The van der Waals surface area contributed by atoms with Crippen LogP contribution >= 0.6 is 0 Å². The van der Waals surface area contributed by atoms with Gasteiger partial charge in [0, 0.05) is 6.42 Å². The van der Waals surface area contributed by atoms with Crippen LogP contribution in [0.1, 0.15) is 48.9 Å². The average Bonchev–Trinajstić information content (AvgIpc) is 2.45. The molecule has 1 aliphatic rings. The highest BCUT2D eigenvalue weighted by atomic mass is 19.1. The maximum atomic E-state index is 13.7. The predicted molar refractivity (Wildman–Crippen MR) is 82.6 cm³/mol. The third-order valence-corrected chi connectivity index (χ3v) is 4.27. The minimum atomic E-state index is -0.160. The van der Waals surface area contributed by atoms with E-state index in [4.69, 9.17) is 0 Å². The summed E-state index contributed by atoms with van der Waals surface area (Å²) in [4.78, 5) is 12.1. The first-order valence-corrected chi connectivity index (χ1v) is 7.74. The van der Waals surface area contributed by atoms with Gasteiger partial charge in [-0.05, 0) is 69.3 Å². The first kappa shape index (κ1) is 16.0. The van der Waals surface area contributed by atoms with Gasteiger partial charge in [-0.1, -0.05) is 12.1 Å². The molecule has 0 unspecified atom stereocenters. The van der Waals surface area contributed by atoms with Crippen LogP contribution in [0.5, 0.6) is 0 Å². The number of benzene rings is 1. The molecule has 1 aromatic carbocycles. The number of carbonyl (C=O) groups excluding carboxylic acids is 1. The summed E-state index contributed by atoms with van der Waals surface area (Å²) in [5.74, 6) is 0.413. The van der Waals surface area contributed by atoms with Gasteiger partial charge in [0.15, 0.2) is 0 Å². The predicted octanol–water partition coefficient (Wildman–Crippen LogP) is 3.01. The van der Waals surface area contributed by atoms with Gasteiger partial charge in [-0.15, -0.1) is 0 Å². The van der Waals surface area contributed by atoms with Crippen molar-refractivity contribution in [3.8, 4) is 0 Å². The third-order valence-electron chi connectivity index (χ3n) is 4.27. The number of halogens is 1. The van der Waals surface area contributed by atoms with Crippen LogP contribution in [0, 0.1) is 25.6 Å². The maximum Gasteiger partial charge on any atom is 0.220 e. The number of piperidine rings is 1. The quantitative estimate of drug-likeness (QED) is 0.895. The van der Waals surface area contributed by atoms with Gasteiger partial charge in [0.1, 0.15) is 5.82 Å². The fraction of sp³-hybridized carbons (Fsp3) is 0.588. The number of amides is 1. The second kappa shape index (κ2) is 7.03. The van der Waals surface area contributed by atoms with Crippen molar-refractivity contribution in [3.05, 3.63) is 34.6 Å². The lowest BCUT2D eigenvalue weighted by Crippen LogP contribution is -2.33. The van der Waals surface area contributed by atoms with Gasteiger partial charge in [-0.2, -0.15) is 0 Å². The van der Waals surface area contributed by atoms with Crippen molar-refractivity contribution in [2.24, 2.45) is 5.92 Å².